The van der Waals surface area contributed by atoms with Crippen LogP contribution in [0.15, 0.2) is 24.3 Å². The van der Waals surface area contributed by atoms with Crippen molar-refractivity contribution >= 4 is 17.6 Å². The third kappa shape index (κ3) is 3.62. The Morgan fingerprint density at radius 1 is 1.61 bits per heavy atom. The van der Waals surface area contributed by atoms with E-state index < -0.39 is 0 Å². The van der Waals surface area contributed by atoms with Crippen LogP contribution in [0.5, 0.6) is 0 Å². The summed E-state index contributed by atoms with van der Waals surface area (Å²) in [6.07, 6.45) is 0.107. The highest BCUT2D eigenvalue weighted by atomic mass is 35.5. The van der Waals surface area contributed by atoms with Crippen molar-refractivity contribution in [1.82, 2.24) is 10.2 Å². The maximum atomic E-state index is 11.9. The van der Waals surface area contributed by atoms with E-state index in [1.54, 1.807) is 4.90 Å². The average Bonchev–Trinajstić information content (AvgIpc) is 2.36. The van der Waals surface area contributed by atoms with Crippen LogP contribution in [0.1, 0.15) is 12.5 Å². The minimum Gasteiger partial charge on any atom is -0.375 e. The van der Waals surface area contributed by atoms with Gasteiger partial charge in [0.05, 0.1) is 12.7 Å². The smallest absolute Gasteiger partial charge is 0.317 e. The van der Waals surface area contributed by atoms with E-state index in [0.717, 1.165) is 5.56 Å². The lowest BCUT2D eigenvalue weighted by atomic mass is 10.2. The normalized spacial score (nSPS) is 19.7. The molecule has 1 heterocycles. The van der Waals surface area contributed by atoms with Gasteiger partial charge in [0.25, 0.3) is 0 Å². The zero-order valence-electron chi connectivity index (χ0n) is 10.4. The van der Waals surface area contributed by atoms with Gasteiger partial charge in [0, 0.05) is 24.7 Å². The van der Waals surface area contributed by atoms with Crippen molar-refractivity contribution in [3.05, 3.63) is 34.9 Å². The molecule has 5 heteroatoms. The van der Waals surface area contributed by atoms with E-state index in [1.807, 2.05) is 31.2 Å². The number of halogens is 1. The van der Waals surface area contributed by atoms with E-state index in [-0.39, 0.29) is 12.1 Å². The minimum absolute atomic E-state index is 0.0508. The van der Waals surface area contributed by atoms with Crippen LogP contribution in [0.4, 0.5) is 4.79 Å². The van der Waals surface area contributed by atoms with Crippen molar-refractivity contribution < 1.29 is 9.53 Å². The molecule has 1 unspecified atom stereocenters. The maximum Gasteiger partial charge on any atom is 0.317 e. The largest absolute Gasteiger partial charge is 0.375 e. The highest BCUT2D eigenvalue weighted by Gasteiger charge is 2.20. The first-order valence-electron chi connectivity index (χ1n) is 6.04. The summed E-state index contributed by atoms with van der Waals surface area (Å²) in [5.41, 5.74) is 0.997. The van der Waals surface area contributed by atoms with Crippen LogP contribution in [0.25, 0.3) is 0 Å². The molecule has 1 aromatic rings. The number of hydrogen-bond donors (Lipinski definition) is 1. The molecule has 0 aromatic heterocycles. The fourth-order valence-electron chi connectivity index (χ4n) is 1.94. The third-order valence-electron chi connectivity index (χ3n) is 2.86. The Kier molecular flexibility index (Phi) is 4.44. The van der Waals surface area contributed by atoms with Crippen molar-refractivity contribution in [2.45, 2.75) is 19.6 Å². The Bertz CT molecular complexity index is 425. The van der Waals surface area contributed by atoms with Crippen LogP contribution in [0.2, 0.25) is 5.02 Å². The summed E-state index contributed by atoms with van der Waals surface area (Å²) in [7, 11) is 0. The molecule has 0 radical (unpaired) electrons. The van der Waals surface area contributed by atoms with Gasteiger partial charge in [0.15, 0.2) is 0 Å². The van der Waals surface area contributed by atoms with E-state index in [9.17, 15) is 4.79 Å². The summed E-state index contributed by atoms with van der Waals surface area (Å²) in [5, 5.41) is 3.57. The van der Waals surface area contributed by atoms with Gasteiger partial charge in [-0.2, -0.15) is 0 Å². The minimum atomic E-state index is -0.0508. The standard InChI is InChI=1S/C13H17ClN2O2/c1-10-9-16(5-6-18-10)13(17)15-8-11-3-2-4-12(14)7-11/h2-4,7,10H,5-6,8-9H2,1H3,(H,15,17). The molecule has 0 aliphatic carbocycles. The predicted molar refractivity (Wildman–Crippen MR) is 70.7 cm³/mol. The second-order valence-corrected chi connectivity index (χ2v) is 4.85. The molecular weight excluding hydrogens is 252 g/mol. The summed E-state index contributed by atoms with van der Waals surface area (Å²) in [5.74, 6) is 0. The second-order valence-electron chi connectivity index (χ2n) is 4.42. The molecule has 2 amide bonds. The van der Waals surface area contributed by atoms with Gasteiger partial charge < -0.3 is 15.0 Å². The van der Waals surface area contributed by atoms with Crippen LogP contribution in [-0.2, 0) is 11.3 Å². The quantitative estimate of drug-likeness (QED) is 0.894. The molecule has 2 rings (SSSR count). The van der Waals surface area contributed by atoms with Crippen LogP contribution < -0.4 is 5.32 Å². The number of ether oxygens (including phenoxy) is 1. The summed E-state index contributed by atoms with van der Waals surface area (Å²) < 4.78 is 5.40. The number of benzene rings is 1. The van der Waals surface area contributed by atoms with Crippen molar-refractivity contribution in [1.29, 1.82) is 0 Å². The Hall–Kier alpha value is -1.26. The number of hydrogen-bond acceptors (Lipinski definition) is 2. The number of amides is 2. The van der Waals surface area contributed by atoms with Gasteiger partial charge >= 0.3 is 6.03 Å². The van der Waals surface area contributed by atoms with Crippen molar-refractivity contribution in [2.75, 3.05) is 19.7 Å². The number of nitrogens with zero attached hydrogens (tertiary/aromatic N) is 1. The molecule has 18 heavy (non-hydrogen) atoms. The SMILES string of the molecule is CC1CN(C(=O)NCc2cccc(Cl)c2)CCO1. The third-order valence-corrected chi connectivity index (χ3v) is 3.10. The molecule has 1 aliphatic heterocycles. The predicted octanol–water partition coefficient (Wildman–Crippen LogP) is 2.27. The van der Waals surface area contributed by atoms with E-state index >= 15 is 0 Å². The fraction of sp³-hybridized carbons (Fsp3) is 0.462. The van der Waals surface area contributed by atoms with Gasteiger partial charge in [-0.3, -0.25) is 0 Å². The number of carbonyl (C=O) groups is 1. The van der Waals surface area contributed by atoms with Crippen molar-refractivity contribution in [3.63, 3.8) is 0 Å². The Balaban J connectivity index is 1.84. The van der Waals surface area contributed by atoms with Crippen LogP contribution in [0.3, 0.4) is 0 Å². The lowest BCUT2D eigenvalue weighted by Gasteiger charge is -2.31. The Morgan fingerprint density at radius 2 is 2.44 bits per heavy atom. The first-order chi connectivity index (χ1) is 8.65. The van der Waals surface area contributed by atoms with Gasteiger partial charge in [0.1, 0.15) is 0 Å². The fourth-order valence-corrected chi connectivity index (χ4v) is 2.15. The monoisotopic (exact) mass is 268 g/mol. The Labute approximate surface area is 112 Å². The molecule has 1 aliphatic rings. The van der Waals surface area contributed by atoms with Gasteiger partial charge in [-0.1, -0.05) is 23.7 Å². The first kappa shape index (κ1) is 13.2. The van der Waals surface area contributed by atoms with Gasteiger partial charge in [-0.05, 0) is 24.6 Å². The molecule has 0 spiro atoms. The maximum absolute atomic E-state index is 11.9. The molecule has 0 saturated carbocycles. The van der Waals surface area contributed by atoms with Crippen molar-refractivity contribution in [2.24, 2.45) is 0 Å². The molecule has 98 valence electrons. The summed E-state index contributed by atoms with van der Waals surface area (Å²) in [4.78, 5) is 13.7. The average molecular weight is 269 g/mol. The second kappa shape index (κ2) is 6.07. The van der Waals surface area contributed by atoms with Crippen LogP contribution >= 0.6 is 11.6 Å². The number of nitrogens with one attached hydrogen (secondary N) is 1. The molecular formula is C13H17ClN2O2. The molecule has 1 fully saturated rings. The van der Waals surface area contributed by atoms with Crippen molar-refractivity contribution in [3.8, 4) is 0 Å². The molecule has 1 aromatic carbocycles. The van der Waals surface area contributed by atoms with E-state index in [1.165, 1.54) is 0 Å². The first-order valence-corrected chi connectivity index (χ1v) is 6.42. The Morgan fingerprint density at radius 3 is 3.17 bits per heavy atom. The number of morpholine rings is 1. The highest BCUT2D eigenvalue weighted by molar-refractivity contribution is 6.30. The topological polar surface area (TPSA) is 41.6 Å². The molecule has 0 bridgehead atoms. The summed E-state index contributed by atoms with van der Waals surface area (Å²) >= 11 is 5.89. The lowest BCUT2D eigenvalue weighted by molar-refractivity contribution is -0.00351. The van der Waals surface area contributed by atoms with Gasteiger partial charge in [-0.15, -0.1) is 0 Å². The van der Waals surface area contributed by atoms with Crippen LogP contribution in [-0.4, -0.2) is 36.7 Å². The molecule has 1 atom stereocenters. The number of rotatable bonds is 2. The number of urea groups is 1. The zero-order chi connectivity index (χ0) is 13.0. The number of carbonyl (C=O) groups excluding carboxylic acids is 1. The van der Waals surface area contributed by atoms with Crippen LogP contribution in [0, 0.1) is 0 Å². The molecule has 1 saturated heterocycles. The van der Waals surface area contributed by atoms with Gasteiger partial charge in [0.2, 0.25) is 0 Å². The summed E-state index contributed by atoms with van der Waals surface area (Å²) in [6.45, 7) is 4.35. The zero-order valence-corrected chi connectivity index (χ0v) is 11.1. The van der Waals surface area contributed by atoms with E-state index in [2.05, 4.69) is 5.32 Å². The molecule has 1 N–H and O–H groups in total. The van der Waals surface area contributed by atoms with E-state index in [4.69, 9.17) is 16.3 Å². The van der Waals surface area contributed by atoms with E-state index in [0.29, 0.717) is 31.3 Å². The lowest BCUT2D eigenvalue weighted by Crippen LogP contribution is -2.48. The highest BCUT2D eigenvalue weighted by Crippen LogP contribution is 2.10. The molecule has 4 nitrogen and oxygen atoms in total. The summed E-state index contributed by atoms with van der Waals surface area (Å²) in [6, 6.07) is 7.43. The van der Waals surface area contributed by atoms with Gasteiger partial charge in [-0.25, -0.2) is 4.79 Å².